The van der Waals surface area contributed by atoms with Gasteiger partial charge >= 0.3 is 0 Å². The third-order valence-corrected chi connectivity index (χ3v) is 4.06. The van der Waals surface area contributed by atoms with Gasteiger partial charge in [0.1, 0.15) is 12.1 Å². The van der Waals surface area contributed by atoms with E-state index in [1.807, 2.05) is 0 Å². The topological polar surface area (TPSA) is 71.8 Å². The molecule has 0 saturated heterocycles. The normalized spacial score (nSPS) is 12.1. The minimum Gasteiger partial charge on any atom is -0.367 e. The molecule has 7 nitrogen and oxygen atoms in total. The van der Waals surface area contributed by atoms with Gasteiger partial charge in [0.25, 0.3) is 0 Å². The first-order chi connectivity index (χ1) is 12.4. The van der Waals surface area contributed by atoms with Gasteiger partial charge in [-0.3, -0.25) is 0 Å². The van der Waals surface area contributed by atoms with Crippen molar-refractivity contribution in [3.63, 3.8) is 0 Å². The van der Waals surface area contributed by atoms with Gasteiger partial charge in [-0.25, -0.2) is 19.0 Å². The highest BCUT2D eigenvalue weighted by molar-refractivity contribution is 5.81. The van der Waals surface area contributed by atoms with E-state index in [1.165, 1.54) is 12.4 Å². The molecule has 0 aliphatic rings. The van der Waals surface area contributed by atoms with E-state index in [0.29, 0.717) is 22.5 Å². The minimum absolute atomic E-state index is 0.0595. The molecule has 26 heavy (non-hydrogen) atoms. The lowest BCUT2D eigenvalue weighted by Gasteiger charge is -2.28. The van der Waals surface area contributed by atoms with Crippen LogP contribution in [0.1, 0.15) is 19.4 Å². The number of rotatable bonds is 7. The molecule has 138 valence electrons. The Morgan fingerprint density at radius 1 is 1.19 bits per heavy atom. The Balaban J connectivity index is 1.82. The molecule has 1 aromatic carbocycles. The average molecular weight is 357 g/mol. The van der Waals surface area contributed by atoms with Crippen LogP contribution in [0.2, 0.25) is 0 Å². The fourth-order valence-corrected chi connectivity index (χ4v) is 3.05. The summed E-state index contributed by atoms with van der Waals surface area (Å²) in [5.41, 5.74) is 1.77. The van der Waals surface area contributed by atoms with Gasteiger partial charge in [0.05, 0.1) is 6.54 Å². The lowest BCUT2D eigenvalue weighted by atomic mass is 9.93. The summed E-state index contributed by atoms with van der Waals surface area (Å²) >= 11 is 0. The number of nitrogens with zero attached hydrogens (tertiary/aromatic N) is 6. The summed E-state index contributed by atoms with van der Waals surface area (Å²) in [6.07, 6.45) is 1.48. The highest BCUT2D eigenvalue weighted by Gasteiger charge is 2.20. The number of nitrogens with one attached hydrogen (secondary N) is 1. The van der Waals surface area contributed by atoms with E-state index in [-0.39, 0.29) is 17.8 Å². The van der Waals surface area contributed by atoms with Crippen molar-refractivity contribution in [3.8, 4) is 0 Å². The fourth-order valence-electron chi connectivity index (χ4n) is 3.05. The molecular weight excluding hydrogens is 333 g/mol. The Morgan fingerprint density at radius 2 is 1.96 bits per heavy atom. The maximum Gasteiger partial charge on any atom is 0.184 e. The molecule has 0 radical (unpaired) electrons. The lowest BCUT2D eigenvalue weighted by Crippen LogP contribution is -2.34. The van der Waals surface area contributed by atoms with Gasteiger partial charge in [0.15, 0.2) is 17.0 Å². The smallest absolute Gasteiger partial charge is 0.184 e. The van der Waals surface area contributed by atoms with Crippen LogP contribution in [0.5, 0.6) is 0 Å². The fraction of sp³-hybridized carbons (Fsp3) is 0.444. The van der Waals surface area contributed by atoms with Gasteiger partial charge in [-0.2, -0.15) is 0 Å². The number of aromatic nitrogens is 5. The summed E-state index contributed by atoms with van der Waals surface area (Å²) in [4.78, 5) is 10.7. The first kappa shape index (κ1) is 18.2. The second kappa shape index (κ2) is 7.33. The van der Waals surface area contributed by atoms with Gasteiger partial charge in [-0.1, -0.05) is 37.3 Å². The van der Waals surface area contributed by atoms with Gasteiger partial charge in [-0.05, 0) is 25.6 Å². The Kier molecular flexibility index (Phi) is 5.13. The minimum atomic E-state index is -0.269. The van der Waals surface area contributed by atoms with Crippen molar-refractivity contribution in [2.24, 2.45) is 5.41 Å². The third kappa shape index (κ3) is 4.13. The summed E-state index contributed by atoms with van der Waals surface area (Å²) in [5, 5.41) is 11.7. The Bertz CT molecular complexity index is 888. The van der Waals surface area contributed by atoms with Crippen LogP contribution in [0.15, 0.2) is 30.6 Å². The third-order valence-electron chi connectivity index (χ3n) is 4.06. The van der Waals surface area contributed by atoms with E-state index in [2.05, 4.69) is 58.4 Å². The first-order valence-corrected chi connectivity index (χ1v) is 8.52. The SMILES string of the molecule is CN(C)CC(C)(C)CNc1ncnc2c1nnn2Cc1ccccc1F. The van der Waals surface area contributed by atoms with Crippen LogP contribution in [0, 0.1) is 11.2 Å². The van der Waals surface area contributed by atoms with Crippen LogP contribution < -0.4 is 5.32 Å². The van der Waals surface area contributed by atoms with E-state index in [9.17, 15) is 4.39 Å². The van der Waals surface area contributed by atoms with E-state index in [1.54, 1.807) is 22.9 Å². The number of benzene rings is 1. The number of hydrogen-bond acceptors (Lipinski definition) is 6. The van der Waals surface area contributed by atoms with Crippen LogP contribution >= 0.6 is 0 Å². The lowest BCUT2D eigenvalue weighted by molar-refractivity contribution is 0.254. The standard InChI is InChI=1S/C18H24FN7/c1-18(2,11-25(3)4)10-20-16-15-17(22-12-21-16)26(24-23-15)9-13-7-5-6-8-14(13)19/h5-8,12H,9-11H2,1-4H3,(H,20,21,22). The summed E-state index contributed by atoms with van der Waals surface area (Å²) in [5.74, 6) is 0.371. The zero-order valence-corrected chi connectivity index (χ0v) is 15.6. The quantitative estimate of drug-likeness (QED) is 0.700. The van der Waals surface area contributed by atoms with Crippen molar-refractivity contribution >= 4 is 17.0 Å². The first-order valence-electron chi connectivity index (χ1n) is 8.52. The zero-order chi connectivity index (χ0) is 18.7. The largest absolute Gasteiger partial charge is 0.367 e. The van der Waals surface area contributed by atoms with E-state index >= 15 is 0 Å². The molecule has 0 spiro atoms. The molecule has 0 saturated carbocycles. The Hall–Kier alpha value is -2.61. The van der Waals surface area contributed by atoms with Crippen LogP contribution in [-0.4, -0.2) is 57.0 Å². The molecule has 0 aliphatic carbocycles. The monoisotopic (exact) mass is 357 g/mol. The maximum atomic E-state index is 13.9. The van der Waals surface area contributed by atoms with Gasteiger partial charge in [0.2, 0.25) is 0 Å². The van der Waals surface area contributed by atoms with E-state index in [0.717, 1.165) is 13.1 Å². The number of hydrogen-bond donors (Lipinski definition) is 1. The molecule has 3 aromatic rings. The molecule has 0 amide bonds. The van der Waals surface area contributed by atoms with Crippen molar-refractivity contribution in [1.82, 2.24) is 29.9 Å². The zero-order valence-electron chi connectivity index (χ0n) is 15.6. The summed E-state index contributed by atoms with van der Waals surface area (Å²) in [6, 6.07) is 6.63. The molecular formula is C18H24FN7. The van der Waals surface area contributed by atoms with Crippen LogP contribution in [-0.2, 0) is 6.54 Å². The van der Waals surface area contributed by atoms with Crippen molar-refractivity contribution in [2.75, 3.05) is 32.5 Å². The molecule has 0 aliphatic heterocycles. The molecule has 3 rings (SSSR count). The van der Waals surface area contributed by atoms with Crippen molar-refractivity contribution < 1.29 is 4.39 Å². The molecule has 0 bridgehead atoms. The predicted octanol–water partition coefficient (Wildman–Crippen LogP) is 2.41. The van der Waals surface area contributed by atoms with Crippen molar-refractivity contribution in [2.45, 2.75) is 20.4 Å². The van der Waals surface area contributed by atoms with Gasteiger partial charge in [0, 0.05) is 18.7 Å². The molecule has 0 atom stereocenters. The number of anilines is 1. The highest BCUT2D eigenvalue weighted by Crippen LogP contribution is 2.21. The summed E-state index contributed by atoms with van der Waals surface area (Å²) in [7, 11) is 4.11. The molecule has 0 fully saturated rings. The second-order valence-corrected chi connectivity index (χ2v) is 7.49. The Morgan fingerprint density at radius 3 is 2.69 bits per heavy atom. The van der Waals surface area contributed by atoms with Crippen molar-refractivity contribution in [1.29, 1.82) is 0 Å². The van der Waals surface area contributed by atoms with Gasteiger partial charge < -0.3 is 10.2 Å². The summed E-state index contributed by atoms with van der Waals surface area (Å²) in [6.45, 7) is 6.32. The van der Waals surface area contributed by atoms with E-state index < -0.39 is 0 Å². The molecule has 2 aromatic heterocycles. The summed E-state index contributed by atoms with van der Waals surface area (Å²) < 4.78 is 15.5. The number of halogens is 1. The maximum absolute atomic E-state index is 13.9. The average Bonchev–Trinajstić information content (AvgIpc) is 2.98. The highest BCUT2D eigenvalue weighted by atomic mass is 19.1. The van der Waals surface area contributed by atoms with E-state index in [4.69, 9.17) is 0 Å². The molecule has 0 unspecified atom stereocenters. The van der Waals surface area contributed by atoms with Crippen molar-refractivity contribution in [3.05, 3.63) is 42.0 Å². The van der Waals surface area contributed by atoms with Crippen LogP contribution in [0.25, 0.3) is 11.2 Å². The second-order valence-electron chi connectivity index (χ2n) is 7.49. The molecule has 1 N–H and O–H groups in total. The van der Waals surface area contributed by atoms with Crippen LogP contribution in [0.4, 0.5) is 10.2 Å². The van der Waals surface area contributed by atoms with Crippen LogP contribution in [0.3, 0.4) is 0 Å². The molecule has 8 heteroatoms. The van der Waals surface area contributed by atoms with Gasteiger partial charge in [-0.15, -0.1) is 5.10 Å². The molecule has 2 heterocycles. The number of fused-ring (bicyclic) bond motifs is 1. The Labute approximate surface area is 152 Å². The predicted molar refractivity (Wildman–Crippen MR) is 99.4 cm³/mol.